The maximum Gasteiger partial charge on any atom is 0.287 e. The van der Waals surface area contributed by atoms with Crippen molar-refractivity contribution in [3.8, 4) is 5.75 Å². The summed E-state index contributed by atoms with van der Waals surface area (Å²) >= 11 is 1.42. The highest BCUT2D eigenvalue weighted by molar-refractivity contribution is 7.99. The van der Waals surface area contributed by atoms with E-state index >= 15 is 0 Å². The van der Waals surface area contributed by atoms with Gasteiger partial charge < -0.3 is 4.74 Å². The Kier molecular flexibility index (Phi) is 3.78. The van der Waals surface area contributed by atoms with E-state index in [0.717, 1.165) is 10.6 Å². The summed E-state index contributed by atoms with van der Waals surface area (Å²) in [4.78, 5) is 15.0. The number of pyridine rings is 1. The molecule has 0 amide bonds. The number of benzene rings is 1. The summed E-state index contributed by atoms with van der Waals surface area (Å²) in [6.07, 6.45) is 1.25. The highest BCUT2D eigenvalue weighted by Gasteiger charge is 2.06. The molecule has 0 saturated heterocycles. The molecular weight excluding hydrogens is 252 g/mol. The molecule has 0 spiro atoms. The molecule has 0 aliphatic heterocycles. The third-order valence-electron chi connectivity index (χ3n) is 2.20. The Bertz CT molecular complexity index is 558. The van der Waals surface area contributed by atoms with Gasteiger partial charge in [0.1, 0.15) is 17.0 Å². The molecule has 6 heteroatoms. The monoisotopic (exact) mass is 262 g/mol. The minimum Gasteiger partial charge on any atom is -0.497 e. The maximum absolute atomic E-state index is 10.5. The molecule has 0 aliphatic rings. The molecule has 1 aromatic heterocycles. The summed E-state index contributed by atoms with van der Waals surface area (Å²) in [6, 6.07) is 10.6. The van der Waals surface area contributed by atoms with Gasteiger partial charge in [-0.3, -0.25) is 10.1 Å². The van der Waals surface area contributed by atoms with Crippen LogP contribution in [0.15, 0.2) is 52.5 Å². The zero-order valence-corrected chi connectivity index (χ0v) is 10.4. The molecule has 92 valence electrons. The number of hydrogen-bond donors (Lipinski definition) is 0. The Labute approximate surface area is 108 Å². The van der Waals surface area contributed by atoms with E-state index in [0.29, 0.717) is 5.03 Å². The molecule has 1 heterocycles. The van der Waals surface area contributed by atoms with Crippen LogP contribution in [-0.2, 0) is 0 Å². The molecule has 18 heavy (non-hydrogen) atoms. The van der Waals surface area contributed by atoms with Crippen LogP contribution in [0.4, 0.5) is 5.69 Å². The second kappa shape index (κ2) is 5.50. The number of nitro groups is 1. The first kappa shape index (κ1) is 12.4. The normalized spacial score (nSPS) is 10.1. The first-order chi connectivity index (χ1) is 8.69. The fourth-order valence-corrected chi connectivity index (χ4v) is 2.13. The van der Waals surface area contributed by atoms with Gasteiger partial charge in [-0.15, -0.1) is 0 Å². The van der Waals surface area contributed by atoms with Crippen LogP contribution in [0.5, 0.6) is 5.75 Å². The lowest BCUT2D eigenvalue weighted by Gasteiger charge is -2.03. The largest absolute Gasteiger partial charge is 0.497 e. The van der Waals surface area contributed by atoms with Crippen molar-refractivity contribution in [2.45, 2.75) is 9.92 Å². The molecular formula is C12H10N2O3S. The molecule has 2 aromatic rings. The van der Waals surface area contributed by atoms with Crippen molar-refractivity contribution in [3.05, 3.63) is 52.7 Å². The zero-order valence-electron chi connectivity index (χ0n) is 9.57. The molecule has 0 unspecified atom stereocenters. The van der Waals surface area contributed by atoms with E-state index in [2.05, 4.69) is 4.98 Å². The molecule has 0 fully saturated rings. The van der Waals surface area contributed by atoms with Crippen molar-refractivity contribution in [1.29, 1.82) is 0 Å². The number of ether oxygens (including phenoxy) is 1. The number of aromatic nitrogens is 1. The number of hydrogen-bond acceptors (Lipinski definition) is 5. The van der Waals surface area contributed by atoms with Gasteiger partial charge in [-0.05, 0) is 24.3 Å². The van der Waals surface area contributed by atoms with Crippen LogP contribution in [0, 0.1) is 10.1 Å². The molecule has 0 aliphatic carbocycles. The van der Waals surface area contributed by atoms with E-state index in [4.69, 9.17) is 4.74 Å². The van der Waals surface area contributed by atoms with Crippen LogP contribution in [0.25, 0.3) is 0 Å². The van der Waals surface area contributed by atoms with Crippen LogP contribution >= 0.6 is 11.8 Å². The van der Waals surface area contributed by atoms with E-state index in [-0.39, 0.29) is 5.69 Å². The first-order valence-electron chi connectivity index (χ1n) is 5.11. The summed E-state index contributed by atoms with van der Waals surface area (Å²) in [7, 11) is 1.61. The summed E-state index contributed by atoms with van der Waals surface area (Å²) in [5.74, 6) is 0.766. The van der Waals surface area contributed by atoms with Crippen molar-refractivity contribution in [3.63, 3.8) is 0 Å². The molecule has 0 bridgehead atoms. The Balaban J connectivity index is 2.15. The van der Waals surface area contributed by atoms with Crippen LogP contribution in [0.3, 0.4) is 0 Å². The van der Waals surface area contributed by atoms with Crippen LogP contribution in [0.1, 0.15) is 0 Å². The lowest BCUT2D eigenvalue weighted by atomic mass is 10.3. The number of methoxy groups -OCH3 is 1. The van der Waals surface area contributed by atoms with Gasteiger partial charge in [0, 0.05) is 11.0 Å². The van der Waals surface area contributed by atoms with Gasteiger partial charge in [0.25, 0.3) is 5.69 Å². The lowest BCUT2D eigenvalue weighted by molar-refractivity contribution is -0.385. The second-order valence-corrected chi connectivity index (χ2v) is 4.49. The second-order valence-electron chi connectivity index (χ2n) is 3.39. The van der Waals surface area contributed by atoms with Gasteiger partial charge in [0.15, 0.2) is 0 Å². The van der Waals surface area contributed by atoms with Gasteiger partial charge in [-0.25, -0.2) is 4.98 Å². The third kappa shape index (κ3) is 2.98. The van der Waals surface area contributed by atoms with Crippen molar-refractivity contribution in [1.82, 2.24) is 4.98 Å². The fraction of sp³-hybridized carbons (Fsp3) is 0.0833. The summed E-state index contributed by atoms with van der Waals surface area (Å²) in [5.41, 5.74) is -0.00927. The quantitative estimate of drug-likeness (QED) is 0.625. The van der Waals surface area contributed by atoms with E-state index in [1.165, 1.54) is 24.0 Å². The highest BCUT2D eigenvalue weighted by atomic mass is 32.2. The summed E-state index contributed by atoms with van der Waals surface area (Å²) < 4.78 is 5.12. The van der Waals surface area contributed by atoms with Crippen molar-refractivity contribution < 1.29 is 9.66 Å². The predicted octanol–water partition coefficient (Wildman–Crippen LogP) is 3.15. The highest BCUT2D eigenvalue weighted by Crippen LogP contribution is 2.29. The fourth-order valence-electron chi connectivity index (χ4n) is 1.33. The predicted molar refractivity (Wildman–Crippen MR) is 68.0 cm³/mol. The summed E-state index contributed by atoms with van der Waals surface area (Å²) in [5, 5.41) is 11.2. The van der Waals surface area contributed by atoms with E-state index in [1.807, 2.05) is 24.3 Å². The first-order valence-corrected chi connectivity index (χ1v) is 5.93. The standard InChI is InChI=1S/C12H10N2O3S/c1-17-10-3-2-4-11(7-10)18-12-6-5-9(8-13-12)14(15)16/h2-8H,1H3. The average Bonchev–Trinajstić information content (AvgIpc) is 2.39. The molecule has 1 aromatic carbocycles. The van der Waals surface area contributed by atoms with Crippen LogP contribution in [0.2, 0.25) is 0 Å². The number of rotatable bonds is 4. The van der Waals surface area contributed by atoms with Crippen molar-refractivity contribution >= 4 is 17.4 Å². The Hall–Kier alpha value is -2.08. The zero-order chi connectivity index (χ0) is 13.0. The Morgan fingerprint density at radius 1 is 1.33 bits per heavy atom. The minimum atomic E-state index is -0.465. The van der Waals surface area contributed by atoms with Crippen LogP contribution in [-0.4, -0.2) is 17.0 Å². The van der Waals surface area contributed by atoms with Crippen molar-refractivity contribution in [2.24, 2.45) is 0 Å². The van der Waals surface area contributed by atoms with Gasteiger partial charge in [-0.1, -0.05) is 17.8 Å². The minimum absolute atomic E-state index is 0.00927. The van der Waals surface area contributed by atoms with Crippen LogP contribution < -0.4 is 4.74 Å². The van der Waals surface area contributed by atoms with E-state index in [1.54, 1.807) is 13.2 Å². The topological polar surface area (TPSA) is 65.3 Å². The van der Waals surface area contributed by atoms with Gasteiger partial charge in [-0.2, -0.15) is 0 Å². The molecule has 0 N–H and O–H groups in total. The molecule has 0 saturated carbocycles. The van der Waals surface area contributed by atoms with Gasteiger partial charge in [0.2, 0.25) is 0 Å². The lowest BCUT2D eigenvalue weighted by Crippen LogP contribution is -1.89. The van der Waals surface area contributed by atoms with Gasteiger partial charge >= 0.3 is 0 Å². The van der Waals surface area contributed by atoms with Gasteiger partial charge in [0.05, 0.1) is 12.0 Å². The van der Waals surface area contributed by atoms with E-state index in [9.17, 15) is 10.1 Å². The number of nitrogens with zero attached hydrogens (tertiary/aromatic N) is 2. The van der Waals surface area contributed by atoms with Crippen molar-refractivity contribution in [2.75, 3.05) is 7.11 Å². The SMILES string of the molecule is COc1cccc(Sc2ccc([N+](=O)[O-])cn2)c1. The third-order valence-corrected chi connectivity index (χ3v) is 3.14. The average molecular weight is 262 g/mol. The maximum atomic E-state index is 10.5. The Morgan fingerprint density at radius 3 is 2.78 bits per heavy atom. The molecule has 0 atom stereocenters. The molecule has 0 radical (unpaired) electrons. The molecule has 2 rings (SSSR count). The smallest absolute Gasteiger partial charge is 0.287 e. The Morgan fingerprint density at radius 2 is 2.17 bits per heavy atom. The van der Waals surface area contributed by atoms with E-state index < -0.39 is 4.92 Å². The molecule has 5 nitrogen and oxygen atoms in total. The summed E-state index contributed by atoms with van der Waals surface area (Å²) in [6.45, 7) is 0.